The predicted octanol–water partition coefficient (Wildman–Crippen LogP) is 3.77. The Bertz CT molecular complexity index is 957. The molecule has 0 aliphatic carbocycles. The summed E-state index contributed by atoms with van der Waals surface area (Å²) in [5, 5.41) is 6.23. The van der Waals surface area contributed by atoms with Crippen LogP contribution in [0.4, 0.5) is 0 Å². The lowest BCUT2D eigenvalue weighted by molar-refractivity contribution is -0.132. The summed E-state index contributed by atoms with van der Waals surface area (Å²) in [5.74, 6) is 0.172. The Balaban J connectivity index is 1.30. The van der Waals surface area contributed by atoms with Crippen molar-refractivity contribution in [2.24, 2.45) is 0 Å². The zero-order valence-electron chi connectivity index (χ0n) is 16.2. The zero-order chi connectivity index (χ0) is 19.5. The second-order valence-corrected chi connectivity index (χ2v) is 9.13. The van der Waals surface area contributed by atoms with E-state index >= 15 is 0 Å². The maximum Gasteiger partial charge on any atom is 0.228 e. The third-order valence-electron chi connectivity index (χ3n) is 4.93. The second-order valence-electron chi connectivity index (χ2n) is 7.21. The van der Waals surface area contributed by atoms with Crippen molar-refractivity contribution >= 4 is 28.6 Å². The Kier molecular flexibility index (Phi) is 5.85. The molecule has 0 radical (unpaired) electrons. The molecule has 1 amide bonds. The third-order valence-corrected chi connectivity index (χ3v) is 6.69. The Labute approximate surface area is 173 Å². The van der Waals surface area contributed by atoms with Crippen LogP contribution < -0.4 is 0 Å². The van der Waals surface area contributed by atoms with E-state index < -0.39 is 0 Å². The van der Waals surface area contributed by atoms with Crippen LogP contribution in [0.1, 0.15) is 22.0 Å². The lowest BCUT2D eigenvalue weighted by Gasteiger charge is -2.34. The quantitative estimate of drug-likeness (QED) is 0.640. The average molecular weight is 413 g/mol. The van der Waals surface area contributed by atoms with Crippen molar-refractivity contribution in [3.05, 3.63) is 57.0 Å². The standard InChI is InChI=1S/C21H24N4OS2/c1-15-4-3-5-17(10-15)21-23-18(13-28-21)11-20(26)25-8-6-24(7-9-25)12-19-14-27-16(2)22-19/h3-5,10,13-14H,6-9,11-12H2,1-2H3. The molecule has 146 valence electrons. The Morgan fingerprint density at radius 2 is 1.82 bits per heavy atom. The predicted molar refractivity (Wildman–Crippen MR) is 115 cm³/mol. The van der Waals surface area contributed by atoms with Crippen molar-refractivity contribution in [1.29, 1.82) is 0 Å². The number of hydrogen-bond acceptors (Lipinski definition) is 6. The van der Waals surface area contributed by atoms with Gasteiger partial charge in [-0.05, 0) is 19.9 Å². The lowest BCUT2D eigenvalue weighted by atomic mass is 10.1. The van der Waals surface area contributed by atoms with E-state index in [9.17, 15) is 4.79 Å². The van der Waals surface area contributed by atoms with Crippen LogP contribution in [0.25, 0.3) is 10.6 Å². The fraction of sp³-hybridized carbons (Fsp3) is 0.381. The number of carbonyl (C=O) groups is 1. The molecule has 0 unspecified atom stereocenters. The highest BCUT2D eigenvalue weighted by Crippen LogP contribution is 2.25. The summed E-state index contributed by atoms with van der Waals surface area (Å²) in [6.07, 6.45) is 0.383. The summed E-state index contributed by atoms with van der Waals surface area (Å²) in [7, 11) is 0. The second kappa shape index (κ2) is 8.51. The molecule has 1 fully saturated rings. The van der Waals surface area contributed by atoms with Crippen LogP contribution in [0, 0.1) is 13.8 Å². The van der Waals surface area contributed by atoms with Gasteiger partial charge in [0.1, 0.15) is 5.01 Å². The number of aromatic nitrogens is 2. The fourth-order valence-electron chi connectivity index (χ4n) is 3.43. The molecular weight excluding hydrogens is 388 g/mol. The zero-order valence-corrected chi connectivity index (χ0v) is 17.9. The van der Waals surface area contributed by atoms with Gasteiger partial charge in [-0.25, -0.2) is 9.97 Å². The van der Waals surface area contributed by atoms with E-state index in [0.29, 0.717) is 6.42 Å². The maximum absolute atomic E-state index is 12.7. The van der Waals surface area contributed by atoms with Crippen LogP contribution in [0.5, 0.6) is 0 Å². The molecule has 0 bridgehead atoms. The molecule has 0 spiro atoms. The summed E-state index contributed by atoms with van der Waals surface area (Å²) in [4.78, 5) is 26.3. The molecule has 1 saturated heterocycles. The highest BCUT2D eigenvalue weighted by atomic mass is 32.1. The van der Waals surface area contributed by atoms with Gasteiger partial charge in [-0.3, -0.25) is 9.69 Å². The minimum absolute atomic E-state index is 0.172. The molecule has 1 aliphatic heterocycles. The first-order valence-corrected chi connectivity index (χ1v) is 11.3. The minimum atomic E-state index is 0.172. The number of piperazine rings is 1. The number of benzene rings is 1. The molecule has 2 aromatic heterocycles. The third kappa shape index (κ3) is 4.66. The molecule has 0 saturated carbocycles. The smallest absolute Gasteiger partial charge is 0.228 e. The monoisotopic (exact) mass is 412 g/mol. The van der Waals surface area contributed by atoms with Gasteiger partial charge < -0.3 is 4.90 Å². The van der Waals surface area contributed by atoms with Gasteiger partial charge in [0, 0.05) is 49.0 Å². The first-order valence-electron chi connectivity index (χ1n) is 9.49. The fourth-order valence-corrected chi connectivity index (χ4v) is 4.85. The Hall–Kier alpha value is -2.09. The summed E-state index contributed by atoms with van der Waals surface area (Å²) in [5.41, 5.74) is 4.34. The molecular formula is C21H24N4OS2. The number of rotatable bonds is 5. The molecule has 7 heteroatoms. The van der Waals surface area contributed by atoms with E-state index in [-0.39, 0.29) is 5.91 Å². The number of thiazole rings is 2. The van der Waals surface area contributed by atoms with Crippen LogP contribution in [0.2, 0.25) is 0 Å². The molecule has 4 rings (SSSR count). The molecule has 3 heterocycles. The molecule has 28 heavy (non-hydrogen) atoms. The van der Waals surface area contributed by atoms with Gasteiger partial charge in [-0.2, -0.15) is 0 Å². The van der Waals surface area contributed by atoms with Crippen molar-refractivity contribution in [1.82, 2.24) is 19.8 Å². The van der Waals surface area contributed by atoms with Gasteiger partial charge in [0.2, 0.25) is 5.91 Å². The number of aryl methyl sites for hydroxylation is 2. The SMILES string of the molecule is Cc1cccc(-c2nc(CC(=O)N3CCN(Cc4csc(C)n4)CC3)cs2)c1. The van der Waals surface area contributed by atoms with Gasteiger partial charge in [0.25, 0.3) is 0 Å². The van der Waals surface area contributed by atoms with Crippen LogP contribution in [-0.2, 0) is 17.8 Å². The summed E-state index contributed by atoms with van der Waals surface area (Å²) >= 11 is 3.30. The number of nitrogens with zero attached hydrogens (tertiary/aromatic N) is 4. The maximum atomic E-state index is 12.7. The normalized spacial score (nSPS) is 15.1. The van der Waals surface area contributed by atoms with Gasteiger partial charge in [0.05, 0.1) is 22.8 Å². The lowest BCUT2D eigenvalue weighted by Crippen LogP contribution is -2.48. The Morgan fingerprint density at radius 1 is 1.04 bits per heavy atom. The highest BCUT2D eigenvalue weighted by molar-refractivity contribution is 7.13. The number of amides is 1. The minimum Gasteiger partial charge on any atom is -0.340 e. The van der Waals surface area contributed by atoms with Crippen LogP contribution in [0.15, 0.2) is 35.0 Å². The van der Waals surface area contributed by atoms with Crippen molar-refractivity contribution in [2.75, 3.05) is 26.2 Å². The van der Waals surface area contributed by atoms with Gasteiger partial charge in [0.15, 0.2) is 0 Å². The molecule has 1 aliphatic rings. The van der Waals surface area contributed by atoms with Gasteiger partial charge in [-0.1, -0.05) is 23.8 Å². The van der Waals surface area contributed by atoms with Gasteiger partial charge in [-0.15, -0.1) is 22.7 Å². The number of hydrogen-bond donors (Lipinski definition) is 0. The van der Waals surface area contributed by atoms with Crippen molar-refractivity contribution in [2.45, 2.75) is 26.8 Å². The molecule has 1 aromatic carbocycles. The van der Waals surface area contributed by atoms with E-state index in [1.165, 1.54) is 5.56 Å². The molecule has 5 nitrogen and oxygen atoms in total. The first-order chi connectivity index (χ1) is 13.6. The van der Waals surface area contributed by atoms with Crippen LogP contribution in [-0.4, -0.2) is 51.9 Å². The van der Waals surface area contributed by atoms with E-state index in [2.05, 4.69) is 45.4 Å². The molecule has 0 atom stereocenters. The summed E-state index contributed by atoms with van der Waals surface area (Å²) < 4.78 is 0. The van der Waals surface area contributed by atoms with Crippen LogP contribution >= 0.6 is 22.7 Å². The van der Waals surface area contributed by atoms with E-state index in [4.69, 9.17) is 0 Å². The summed E-state index contributed by atoms with van der Waals surface area (Å²) in [6, 6.07) is 8.33. The van der Waals surface area contributed by atoms with E-state index in [0.717, 1.165) is 59.7 Å². The number of carbonyl (C=O) groups excluding carboxylic acids is 1. The topological polar surface area (TPSA) is 49.3 Å². The summed E-state index contributed by atoms with van der Waals surface area (Å²) in [6.45, 7) is 8.33. The van der Waals surface area contributed by atoms with Crippen molar-refractivity contribution in [3.63, 3.8) is 0 Å². The van der Waals surface area contributed by atoms with Crippen molar-refractivity contribution < 1.29 is 4.79 Å². The largest absolute Gasteiger partial charge is 0.340 e. The van der Waals surface area contributed by atoms with Crippen molar-refractivity contribution in [3.8, 4) is 10.6 Å². The van der Waals surface area contributed by atoms with Crippen LogP contribution in [0.3, 0.4) is 0 Å². The van der Waals surface area contributed by atoms with E-state index in [1.807, 2.05) is 23.3 Å². The molecule has 3 aromatic rings. The Morgan fingerprint density at radius 3 is 2.54 bits per heavy atom. The average Bonchev–Trinajstić information content (AvgIpc) is 3.31. The molecule has 0 N–H and O–H groups in total. The highest BCUT2D eigenvalue weighted by Gasteiger charge is 2.22. The first kappa shape index (κ1) is 19.2. The van der Waals surface area contributed by atoms with E-state index in [1.54, 1.807) is 22.7 Å². The van der Waals surface area contributed by atoms with Gasteiger partial charge >= 0.3 is 0 Å².